The first-order chi connectivity index (χ1) is 38.0. The SMILES string of the molecule is CC(C)[C@H]1CC[C@H]2[C@@H]3[C@H](C)C[C@@H]4C[C@H](O)CC[C@]4(C)[C@H]3C[C@H](C)[C@]12C.CCC[C@@H](C)[C@H]1CC[C@H]2[C@@H]3[C@H](O)C[C@@H]4C[C@H](C)CC[C@]4(C)[C@H]3C[C@H](O)[C@]12C.C[C@H](CCC(=O)O)[C@H]1CC[C@H]2[C@@H]3[C@H](O)C[C@@H]4C[C@H](O)CC[C@]4(C)[C@H]3C[C@H](O)[C@]12C. The van der Waals surface area contributed by atoms with Gasteiger partial charge in [-0.15, -0.1) is 0 Å². The third-order valence-corrected chi connectivity index (χ3v) is 31.3. The van der Waals surface area contributed by atoms with Gasteiger partial charge in [-0.25, -0.2) is 0 Å². The molecule has 12 fully saturated rings. The van der Waals surface area contributed by atoms with Gasteiger partial charge in [0.25, 0.3) is 0 Å². The Kier molecular flexibility index (Phi) is 18.2. The second-order valence-electron chi connectivity index (χ2n) is 34.7. The Balaban J connectivity index is 0.000000137. The van der Waals surface area contributed by atoms with Crippen LogP contribution in [0, 0.1) is 157 Å². The summed E-state index contributed by atoms with van der Waals surface area (Å²) in [5.41, 5.74) is 1.28. The minimum Gasteiger partial charge on any atom is -0.481 e. The van der Waals surface area contributed by atoms with Crippen LogP contribution in [0.25, 0.3) is 0 Å². The number of aliphatic hydroxyl groups is 6. The molecule has 466 valence electrons. The molecule has 0 unspecified atom stereocenters. The first kappa shape index (κ1) is 63.3. The third-order valence-electron chi connectivity index (χ3n) is 31.3. The molecule has 12 rings (SSSR count). The molecule has 0 amide bonds. The first-order valence-electron chi connectivity index (χ1n) is 35.3. The topological polar surface area (TPSA) is 159 Å². The summed E-state index contributed by atoms with van der Waals surface area (Å²) in [5, 5.41) is 75.2. The lowest BCUT2D eigenvalue weighted by Gasteiger charge is -2.64. The molecule has 81 heavy (non-hydrogen) atoms. The zero-order valence-electron chi connectivity index (χ0n) is 54.3. The standard InChI is InChI=1S/C25H44O2.C24H40O5.C24H42O/c1-6-7-16(3)18-8-9-19-23-20(14-22(27)25(18,19)5)24(4)11-10-15(2)12-17(24)13-21(23)26;1-13(4-7-21(28)29)16-5-6-17-22-18(12-20(27)24(16,17)3)23(2)9-8-15(25)10-14(23)11-19(22)26;1-14(2)19-7-8-20-22-15(3)11-17-13-18(25)9-10-23(17,5)21(22)12-16(4)24(19,20)6/h15-23,26-27H,6-14H2,1-5H3;13-20,22,25-27H,4-12H2,1-3H3,(H,28,29);14-22,25H,7-13H2,1-6H3/t15-,16-,17+,18-,19+,20+,21-,22+,23+,24+,25-;13-,14+,15-,16-,17+,18+,19-,20+,22+,23+,24-;15-,16+,17-,18-,19-,20+,21+,22+,23+,24-/m111/s1. The van der Waals surface area contributed by atoms with E-state index in [4.69, 9.17) is 5.11 Å². The van der Waals surface area contributed by atoms with E-state index >= 15 is 0 Å². The van der Waals surface area contributed by atoms with Gasteiger partial charge < -0.3 is 35.7 Å². The summed E-state index contributed by atoms with van der Waals surface area (Å²) in [6.45, 7) is 34.1. The fourth-order valence-electron chi connectivity index (χ4n) is 26.8. The number of aliphatic carboxylic acids is 1. The molecule has 12 aliphatic rings. The maximum atomic E-state index is 11.5. The molecule has 0 radical (unpaired) electrons. The van der Waals surface area contributed by atoms with Crippen LogP contribution in [0.4, 0.5) is 0 Å². The lowest BCUT2D eigenvalue weighted by Crippen LogP contribution is -2.62. The Bertz CT molecular complexity index is 2170. The molecule has 0 aromatic carbocycles. The van der Waals surface area contributed by atoms with Crippen LogP contribution in [-0.4, -0.2) is 78.3 Å². The Labute approximate surface area is 495 Å². The summed E-state index contributed by atoms with van der Waals surface area (Å²) in [5.74, 6) is 12.3. The number of carboxylic acids is 1. The van der Waals surface area contributed by atoms with E-state index < -0.39 is 12.1 Å². The molecule has 0 saturated heterocycles. The molecule has 7 N–H and O–H groups in total. The molecular formula is C73H126O8. The smallest absolute Gasteiger partial charge is 0.303 e. The van der Waals surface area contributed by atoms with Crippen molar-refractivity contribution in [3.05, 3.63) is 0 Å². The van der Waals surface area contributed by atoms with Gasteiger partial charge in [0.15, 0.2) is 0 Å². The van der Waals surface area contributed by atoms with Gasteiger partial charge in [-0.2, -0.15) is 0 Å². The normalized spacial score (nSPS) is 55.7. The number of aliphatic hydroxyl groups excluding tert-OH is 6. The summed E-state index contributed by atoms with van der Waals surface area (Å²) in [6, 6.07) is 0. The molecule has 12 saturated carbocycles. The molecule has 0 aromatic rings. The molecule has 0 heterocycles. The molecule has 0 aromatic heterocycles. The maximum absolute atomic E-state index is 11.5. The van der Waals surface area contributed by atoms with Crippen molar-refractivity contribution in [1.82, 2.24) is 0 Å². The summed E-state index contributed by atoms with van der Waals surface area (Å²) < 4.78 is 0. The number of hydrogen-bond acceptors (Lipinski definition) is 7. The highest BCUT2D eigenvalue weighted by atomic mass is 16.4. The molecular weight excluding hydrogens is 1000 g/mol. The fourth-order valence-corrected chi connectivity index (χ4v) is 26.8. The predicted octanol–water partition coefficient (Wildman–Crippen LogP) is 15.3. The van der Waals surface area contributed by atoms with Gasteiger partial charge >= 0.3 is 5.97 Å². The van der Waals surface area contributed by atoms with Gasteiger partial charge in [0.05, 0.1) is 36.6 Å². The summed E-state index contributed by atoms with van der Waals surface area (Å²) in [7, 11) is 0. The molecule has 8 heteroatoms. The molecule has 12 aliphatic carbocycles. The van der Waals surface area contributed by atoms with Gasteiger partial charge in [0, 0.05) is 6.42 Å². The van der Waals surface area contributed by atoms with E-state index in [-0.39, 0.29) is 65.0 Å². The molecule has 0 aliphatic heterocycles. The zero-order chi connectivity index (χ0) is 58.8. The second kappa shape index (κ2) is 23.3. The van der Waals surface area contributed by atoms with Gasteiger partial charge in [-0.05, 0) is 292 Å². The Morgan fingerprint density at radius 3 is 1.35 bits per heavy atom. The fraction of sp³-hybridized carbons (Fsp3) is 0.986. The number of carbonyl (C=O) groups is 1. The van der Waals surface area contributed by atoms with E-state index in [0.717, 1.165) is 124 Å². The van der Waals surface area contributed by atoms with Crippen molar-refractivity contribution in [2.45, 2.75) is 294 Å². The van der Waals surface area contributed by atoms with E-state index in [1.54, 1.807) is 0 Å². The van der Waals surface area contributed by atoms with Gasteiger partial charge in [-0.1, -0.05) is 116 Å². The van der Waals surface area contributed by atoms with Crippen molar-refractivity contribution in [3.63, 3.8) is 0 Å². The van der Waals surface area contributed by atoms with Gasteiger partial charge in [0.1, 0.15) is 0 Å². The third kappa shape index (κ3) is 10.3. The minimum absolute atomic E-state index is 0.0158. The molecule has 8 nitrogen and oxygen atoms in total. The molecule has 32 atom stereocenters. The number of hydrogen-bond donors (Lipinski definition) is 7. The quantitative estimate of drug-likeness (QED) is 0.127. The van der Waals surface area contributed by atoms with Crippen molar-refractivity contribution in [2.75, 3.05) is 0 Å². The average Bonchev–Trinajstić information content (AvgIpc) is 2.65. The van der Waals surface area contributed by atoms with Crippen molar-refractivity contribution in [3.8, 4) is 0 Å². The highest BCUT2D eigenvalue weighted by Gasteiger charge is 2.69. The van der Waals surface area contributed by atoms with E-state index in [1.165, 1.54) is 77.0 Å². The van der Waals surface area contributed by atoms with Crippen molar-refractivity contribution in [1.29, 1.82) is 0 Å². The lowest BCUT2D eigenvalue weighted by molar-refractivity contribution is -0.207. The van der Waals surface area contributed by atoms with Crippen molar-refractivity contribution >= 4 is 5.97 Å². The zero-order valence-corrected chi connectivity index (χ0v) is 54.3. The van der Waals surface area contributed by atoms with Crippen LogP contribution in [0.3, 0.4) is 0 Å². The van der Waals surface area contributed by atoms with Gasteiger partial charge in [0.2, 0.25) is 0 Å². The van der Waals surface area contributed by atoms with E-state index in [2.05, 4.69) is 96.9 Å². The number of fused-ring (bicyclic) bond motifs is 15. The van der Waals surface area contributed by atoms with Crippen LogP contribution in [0.2, 0.25) is 0 Å². The van der Waals surface area contributed by atoms with E-state index in [1.807, 2.05) is 0 Å². The summed E-state index contributed by atoms with van der Waals surface area (Å²) in [4.78, 5) is 11.1. The van der Waals surface area contributed by atoms with Crippen molar-refractivity contribution < 1.29 is 40.5 Å². The van der Waals surface area contributed by atoms with Crippen LogP contribution in [0.5, 0.6) is 0 Å². The Morgan fingerprint density at radius 1 is 0.457 bits per heavy atom. The lowest BCUT2D eigenvalue weighted by atomic mass is 9.40. The van der Waals surface area contributed by atoms with Crippen LogP contribution in [-0.2, 0) is 4.79 Å². The van der Waals surface area contributed by atoms with Crippen LogP contribution in [0.15, 0.2) is 0 Å². The summed E-state index contributed by atoms with van der Waals surface area (Å²) in [6.07, 6.45) is 25.7. The highest BCUT2D eigenvalue weighted by molar-refractivity contribution is 5.66. The van der Waals surface area contributed by atoms with Crippen LogP contribution >= 0.6 is 0 Å². The Hall–Kier alpha value is -0.770. The van der Waals surface area contributed by atoms with Gasteiger partial charge in [-0.3, -0.25) is 4.79 Å². The first-order valence-corrected chi connectivity index (χ1v) is 35.3. The van der Waals surface area contributed by atoms with Crippen molar-refractivity contribution in [2.24, 2.45) is 157 Å². The number of rotatable bonds is 8. The molecule has 0 bridgehead atoms. The summed E-state index contributed by atoms with van der Waals surface area (Å²) >= 11 is 0. The van der Waals surface area contributed by atoms with E-state index in [9.17, 15) is 35.4 Å². The van der Waals surface area contributed by atoms with Crippen LogP contribution in [0.1, 0.15) is 257 Å². The average molecular weight is 1130 g/mol. The van der Waals surface area contributed by atoms with E-state index in [0.29, 0.717) is 81.8 Å². The predicted molar refractivity (Wildman–Crippen MR) is 326 cm³/mol. The number of carboxylic acid groups (broad SMARTS) is 1. The largest absolute Gasteiger partial charge is 0.481 e. The minimum atomic E-state index is -0.748. The monoisotopic (exact) mass is 1130 g/mol. The maximum Gasteiger partial charge on any atom is 0.303 e. The Morgan fingerprint density at radius 2 is 0.877 bits per heavy atom. The second-order valence-corrected chi connectivity index (χ2v) is 34.7. The highest BCUT2D eigenvalue weighted by Crippen LogP contribution is 2.73. The molecule has 0 spiro atoms. The van der Waals surface area contributed by atoms with Crippen LogP contribution < -0.4 is 0 Å².